The maximum absolute atomic E-state index is 13.6. The molecule has 0 aliphatic carbocycles. The zero-order valence-electron chi connectivity index (χ0n) is 15.2. The summed E-state index contributed by atoms with van der Waals surface area (Å²) in [5, 5.41) is 6.51. The number of para-hydroxylation sites is 1. The highest BCUT2D eigenvalue weighted by Gasteiger charge is 2.40. The minimum Gasteiger partial charge on any atom is -0.348 e. The Balaban J connectivity index is 1.79. The molecule has 5 nitrogen and oxygen atoms in total. The Kier molecular flexibility index (Phi) is 5.84. The van der Waals surface area contributed by atoms with Gasteiger partial charge in [-0.15, -0.1) is 0 Å². The van der Waals surface area contributed by atoms with Gasteiger partial charge in [-0.3, -0.25) is 4.79 Å². The summed E-state index contributed by atoms with van der Waals surface area (Å²) in [5.41, 5.74) is -1.27. The van der Waals surface area contributed by atoms with Crippen molar-refractivity contribution in [1.82, 2.24) is 20.0 Å². The molecular formula is C19H23F3N4O. The number of carbonyl (C=O) groups is 1. The third kappa shape index (κ3) is 4.68. The van der Waals surface area contributed by atoms with Crippen LogP contribution in [0.1, 0.15) is 42.2 Å². The number of carbonyl (C=O) groups excluding carboxylic acids is 1. The molecule has 2 aromatic rings. The number of rotatable bonds is 5. The van der Waals surface area contributed by atoms with Crippen LogP contribution in [0.15, 0.2) is 36.5 Å². The molecule has 1 N–H and O–H groups in total. The molecule has 146 valence electrons. The summed E-state index contributed by atoms with van der Waals surface area (Å²) in [6.07, 6.45) is -0.287. The molecule has 3 rings (SSSR count). The number of nitrogens with one attached hydrogen (secondary N) is 1. The van der Waals surface area contributed by atoms with E-state index in [2.05, 4.69) is 15.3 Å². The molecule has 1 fully saturated rings. The lowest BCUT2D eigenvalue weighted by molar-refractivity contribution is -0.143. The van der Waals surface area contributed by atoms with Gasteiger partial charge in [-0.05, 0) is 45.0 Å². The number of piperidine rings is 1. The van der Waals surface area contributed by atoms with Crippen molar-refractivity contribution in [3.05, 3.63) is 47.8 Å². The van der Waals surface area contributed by atoms with Crippen LogP contribution in [0.4, 0.5) is 13.2 Å². The monoisotopic (exact) mass is 380 g/mol. The van der Waals surface area contributed by atoms with Crippen molar-refractivity contribution in [2.75, 3.05) is 19.6 Å². The number of likely N-dealkylation sites (tertiary alicyclic amines) is 1. The first-order chi connectivity index (χ1) is 12.9. The van der Waals surface area contributed by atoms with Crippen LogP contribution < -0.4 is 5.32 Å². The molecule has 1 aromatic carbocycles. The SMILES string of the molecule is C[C@@H](CN1CCCCC1)NC(=O)c1cnn(-c2ccccc2)c1C(F)(F)F. The van der Waals surface area contributed by atoms with E-state index in [-0.39, 0.29) is 11.7 Å². The molecule has 1 aliphatic rings. The Morgan fingerprint density at radius 1 is 1.19 bits per heavy atom. The molecule has 1 amide bonds. The van der Waals surface area contributed by atoms with Gasteiger partial charge in [0.05, 0.1) is 17.4 Å². The van der Waals surface area contributed by atoms with E-state index in [1.54, 1.807) is 25.1 Å². The van der Waals surface area contributed by atoms with Crippen LogP contribution in [0, 0.1) is 0 Å². The quantitative estimate of drug-likeness (QED) is 0.864. The Labute approximate surface area is 156 Å². The smallest absolute Gasteiger partial charge is 0.348 e. The van der Waals surface area contributed by atoms with E-state index in [9.17, 15) is 18.0 Å². The first kappa shape index (κ1) is 19.4. The zero-order chi connectivity index (χ0) is 19.4. The first-order valence-corrected chi connectivity index (χ1v) is 9.10. The highest BCUT2D eigenvalue weighted by atomic mass is 19.4. The second-order valence-corrected chi connectivity index (χ2v) is 6.89. The van der Waals surface area contributed by atoms with Crippen molar-refractivity contribution >= 4 is 5.91 Å². The zero-order valence-corrected chi connectivity index (χ0v) is 15.2. The number of benzene rings is 1. The van der Waals surface area contributed by atoms with E-state index >= 15 is 0 Å². The number of alkyl halides is 3. The number of hydrogen-bond acceptors (Lipinski definition) is 3. The summed E-state index contributed by atoms with van der Waals surface area (Å²) in [6, 6.07) is 7.73. The lowest BCUT2D eigenvalue weighted by Crippen LogP contribution is -2.44. The van der Waals surface area contributed by atoms with Gasteiger partial charge in [0.1, 0.15) is 0 Å². The molecule has 2 heterocycles. The van der Waals surface area contributed by atoms with Crippen LogP contribution >= 0.6 is 0 Å². The van der Waals surface area contributed by atoms with E-state index in [1.165, 1.54) is 18.6 Å². The molecule has 0 saturated carbocycles. The average molecular weight is 380 g/mol. The minimum absolute atomic E-state index is 0.253. The highest BCUT2D eigenvalue weighted by molar-refractivity contribution is 5.95. The number of amides is 1. The first-order valence-electron chi connectivity index (χ1n) is 9.10. The summed E-state index contributed by atoms with van der Waals surface area (Å²) >= 11 is 0. The van der Waals surface area contributed by atoms with Gasteiger partial charge in [0.15, 0.2) is 5.69 Å². The van der Waals surface area contributed by atoms with Gasteiger partial charge in [-0.2, -0.15) is 18.3 Å². The standard InChI is InChI=1S/C19H23F3N4O/c1-14(13-25-10-6-3-7-11-25)24-18(27)16-12-23-26(17(16)19(20,21)22)15-8-4-2-5-9-15/h2,4-5,8-9,12,14H,3,6-7,10-11,13H2,1H3,(H,24,27)/t14-/m0/s1. The molecule has 1 atom stereocenters. The molecule has 1 aliphatic heterocycles. The molecule has 0 radical (unpaired) electrons. The van der Waals surface area contributed by atoms with Crippen molar-refractivity contribution in [3.8, 4) is 5.69 Å². The number of halogens is 3. The molecule has 0 unspecified atom stereocenters. The molecule has 27 heavy (non-hydrogen) atoms. The third-order valence-electron chi connectivity index (χ3n) is 4.64. The van der Waals surface area contributed by atoms with E-state index in [0.29, 0.717) is 6.54 Å². The largest absolute Gasteiger partial charge is 0.434 e. The lowest BCUT2D eigenvalue weighted by Gasteiger charge is -2.29. The Hall–Kier alpha value is -2.35. The van der Waals surface area contributed by atoms with E-state index in [0.717, 1.165) is 36.8 Å². The van der Waals surface area contributed by atoms with Crippen molar-refractivity contribution in [2.24, 2.45) is 0 Å². The van der Waals surface area contributed by atoms with Crippen molar-refractivity contribution < 1.29 is 18.0 Å². The van der Waals surface area contributed by atoms with Gasteiger partial charge in [-0.25, -0.2) is 4.68 Å². The fraction of sp³-hybridized carbons (Fsp3) is 0.474. The molecule has 1 aromatic heterocycles. The van der Waals surface area contributed by atoms with Crippen LogP contribution in [-0.4, -0.2) is 46.3 Å². The van der Waals surface area contributed by atoms with Gasteiger partial charge in [0.25, 0.3) is 5.91 Å². The van der Waals surface area contributed by atoms with Crippen molar-refractivity contribution in [3.63, 3.8) is 0 Å². The van der Waals surface area contributed by atoms with Gasteiger partial charge in [-0.1, -0.05) is 24.6 Å². The summed E-state index contributed by atoms with van der Waals surface area (Å²) in [4.78, 5) is 14.8. The fourth-order valence-corrected chi connectivity index (χ4v) is 3.43. The van der Waals surface area contributed by atoms with Gasteiger partial charge in [0, 0.05) is 12.6 Å². The maximum atomic E-state index is 13.6. The third-order valence-corrected chi connectivity index (χ3v) is 4.64. The van der Waals surface area contributed by atoms with Crippen LogP contribution in [0.25, 0.3) is 5.69 Å². The summed E-state index contributed by atoms with van der Waals surface area (Å²) < 4.78 is 41.7. The predicted octanol–water partition coefficient (Wildman–Crippen LogP) is 3.50. The molecule has 8 heteroatoms. The van der Waals surface area contributed by atoms with E-state index < -0.39 is 23.3 Å². The normalized spacial score (nSPS) is 16.9. The Morgan fingerprint density at radius 2 is 1.85 bits per heavy atom. The summed E-state index contributed by atoms with van der Waals surface area (Å²) in [6.45, 7) is 4.35. The Morgan fingerprint density at radius 3 is 2.48 bits per heavy atom. The van der Waals surface area contributed by atoms with Crippen LogP contribution in [0.5, 0.6) is 0 Å². The van der Waals surface area contributed by atoms with E-state index in [1.807, 2.05) is 0 Å². The van der Waals surface area contributed by atoms with Crippen LogP contribution in [0.2, 0.25) is 0 Å². The van der Waals surface area contributed by atoms with Crippen LogP contribution in [0.3, 0.4) is 0 Å². The van der Waals surface area contributed by atoms with E-state index in [4.69, 9.17) is 0 Å². The van der Waals surface area contributed by atoms with Crippen molar-refractivity contribution in [1.29, 1.82) is 0 Å². The summed E-state index contributed by atoms with van der Waals surface area (Å²) in [7, 11) is 0. The molecule has 0 spiro atoms. The maximum Gasteiger partial charge on any atom is 0.434 e. The molecule has 0 bridgehead atoms. The van der Waals surface area contributed by atoms with Gasteiger partial charge < -0.3 is 10.2 Å². The predicted molar refractivity (Wildman–Crippen MR) is 95.8 cm³/mol. The number of nitrogens with zero attached hydrogens (tertiary/aromatic N) is 3. The lowest BCUT2D eigenvalue weighted by atomic mass is 10.1. The molecule has 1 saturated heterocycles. The van der Waals surface area contributed by atoms with Gasteiger partial charge >= 0.3 is 6.18 Å². The topological polar surface area (TPSA) is 50.2 Å². The second kappa shape index (κ2) is 8.12. The van der Waals surface area contributed by atoms with Crippen LogP contribution in [-0.2, 0) is 6.18 Å². The Bertz CT molecular complexity index is 767. The summed E-state index contributed by atoms with van der Waals surface area (Å²) in [5.74, 6) is -0.756. The average Bonchev–Trinajstić information content (AvgIpc) is 3.09. The van der Waals surface area contributed by atoms with Crippen molar-refractivity contribution in [2.45, 2.75) is 38.4 Å². The number of aromatic nitrogens is 2. The van der Waals surface area contributed by atoms with Gasteiger partial charge in [0.2, 0.25) is 0 Å². The second-order valence-electron chi connectivity index (χ2n) is 6.89. The number of hydrogen-bond donors (Lipinski definition) is 1. The molecular weight excluding hydrogens is 357 g/mol. The fourth-order valence-electron chi connectivity index (χ4n) is 3.43. The minimum atomic E-state index is -4.70. The highest BCUT2D eigenvalue weighted by Crippen LogP contribution is 2.33.